The maximum atomic E-state index is 12.2. The second-order valence-corrected chi connectivity index (χ2v) is 6.15. The number of carbonyl (C=O) groups excluding carboxylic acids is 2. The van der Waals surface area contributed by atoms with Gasteiger partial charge in [0, 0.05) is 28.5 Å². The molecule has 25 heavy (non-hydrogen) atoms. The minimum Gasteiger partial charge on any atom is -0.376 e. The summed E-state index contributed by atoms with van der Waals surface area (Å²) >= 11 is 6.07. The molecule has 6 heteroatoms. The average molecular weight is 360 g/mol. The van der Waals surface area contributed by atoms with Gasteiger partial charge in [-0.1, -0.05) is 30.7 Å². The summed E-state index contributed by atoms with van der Waals surface area (Å²) in [6.45, 7) is 5.71. The number of aryl methyl sites for hydroxylation is 1. The average Bonchev–Trinajstić information content (AvgIpc) is 2.59. The van der Waals surface area contributed by atoms with Crippen LogP contribution < -0.4 is 16.0 Å². The quantitative estimate of drug-likeness (QED) is 0.717. The fourth-order valence-corrected chi connectivity index (χ4v) is 2.43. The van der Waals surface area contributed by atoms with Gasteiger partial charge in [0.1, 0.15) is 0 Å². The SMILES string of the molecule is CCC(=O)Nc1cc(NC(=O)CNc2cccc(Cl)c2C)ccc1C. The Kier molecular flexibility index (Phi) is 6.42. The molecule has 0 spiro atoms. The number of hydrogen-bond acceptors (Lipinski definition) is 3. The van der Waals surface area contributed by atoms with E-state index < -0.39 is 0 Å². The van der Waals surface area contributed by atoms with Crippen molar-refractivity contribution in [3.63, 3.8) is 0 Å². The van der Waals surface area contributed by atoms with E-state index in [4.69, 9.17) is 11.6 Å². The molecule has 0 aromatic heterocycles. The van der Waals surface area contributed by atoms with E-state index >= 15 is 0 Å². The van der Waals surface area contributed by atoms with Gasteiger partial charge in [0.05, 0.1) is 6.54 Å². The zero-order valence-electron chi connectivity index (χ0n) is 14.6. The monoisotopic (exact) mass is 359 g/mol. The minimum atomic E-state index is -0.184. The lowest BCUT2D eigenvalue weighted by atomic mass is 10.1. The van der Waals surface area contributed by atoms with Crippen LogP contribution in [0.4, 0.5) is 17.1 Å². The number of rotatable bonds is 6. The van der Waals surface area contributed by atoms with Crippen LogP contribution in [0.3, 0.4) is 0 Å². The lowest BCUT2D eigenvalue weighted by molar-refractivity contribution is -0.116. The van der Waals surface area contributed by atoms with Crippen LogP contribution in [-0.2, 0) is 9.59 Å². The number of amides is 2. The van der Waals surface area contributed by atoms with Crippen molar-refractivity contribution in [3.8, 4) is 0 Å². The first-order valence-corrected chi connectivity index (χ1v) is 8.48. The molecular formula is C19H22ClN3O2. The predicted molar refractivity (Wildman–Crippen MR) is 103 cm³/mol. The number of halogens is 1. The smallest absolute Gasteiger partial charge is 0.243 e. The molecule has 0 saturated carbocycles. The molecule has 2 rings (SSSR count). The molecule has 2 amide bonds. The summed E-state index contributed by atoms with van der Waals surface area (Å²) in [4.78, 5) is 23.7. The van der Waals surface area contributed by atoms with E-state index in [2.05, 4.69) is 16.0 Å². The first kappa shape index (κ1) is 18.8. The van der Waals surface area contributed by atoms with Crippen molar-refractivity contribution in [1.29, 1.82) is 0 Å². The van der Waals surface area contributed by atoms with Crippen molar-refractivity contribution in [2.45, 2.75) is 27.2 Å². The van der Waals surface area contributed by atoms with Crippen molar-refractivity contribution >= 4 is 40.5 Å². The Labute approximate surface area is 152 Å². The van der Waals surface area contributed by atoms with Crippen molar-refractivity contribution in [1.82, 2.24) is 0 Å². The third kappa shape index (κ3) is 5.22. The zero-order valence-corrected chi connectivity index (χ0v) is 15.3. The summed E-state index contributed by atoms with van der Waals surface area (Å²) in [7, 11) is 0. The Morgan fingerprint density at radius 1 is 1.00 bits per heavy atom. The van der Waals surface area contributed by atoms with Gasteiger partial charge in [-0.15, -0.1) is 0 Å². The van der Waals surface area contributed by atoms with Crippen LogP contribution in [0.2, 0.25) is 5.02 Å². The van der Waals surface area contributed by atoms with Crippen LogP contribution in [-0.4, -0.2) is 18.4 Å². The molecule has 0 aliphatic rings. The van der Waals surface area contributed by atoms with Crippen molar-refractivity contribution < 1.29 is 9.59 Å². The van der Waals surface area contributed by atoms with Gasteiger partial charge in [-0.3, -0.25) is 9.59 Å². The lowest BCUT2D eigenvalue weighted by Gasteiger charge is -2.13. The van der Waals surface area contributed by atoms with Crippen LogP contribution in [0.5, 0.6) is 0 Å². The Morgan fingerprint density at radius 3 is 2.48 bits per heavy atom. The number of carbonyl (C=O) groups is 2. The normalized spacial score (nSPS) is 10.2. The van der Waals surface area contributed by atoms with Gasteiger partial charge in [-0.25, -0.2) is 0 Å². The topological polar surface area (TPSA) is 70.2 Å². The van der Waals surface area contributed by atoms with E-state index in [0.717, 1.165) is 16.8 Å². The zero-order chi connectivity index (χ0) is 18.4. The van der Waals surface area contributed by atoms with Gasteiger partial charge < -0.3 is 16.0 Å². The summed E-state index contributed by atoms with van der Waals surface area (Å²) < 4.78 is 0. The molecule has 2 aromatic rings. The molecule has 3 N–H and O–H groups in total. The third-order valence-electron chi connectivity index (χ3n) is 3.82. The second-order valence-electron chi connectivity index (χ2n) is 5.75. The summed E-state index contributed by atoms with van der Waals surface area (Å²) in [6, 6.07) is 10.9. The van der Waals surface area contributed by atoms with Gasteiger partial charge in [0.15, 0.2) is 0 Å². The highest BCUT2D eigenvalue weighted by molar-refractivity contribution is 6.31. The number of benzene rings is 2. The summed E-state index contributed by atoms with van der Waals surface area (Å²) in [6.07, 6.45) is 0.402. The Hall–Kier alpha value is -2.53. The summed E-state index contributed by atoms with van der Waals surface area (Å²) in [5, 5.41) is 9.37. The largest absolute Gasteiger partial charge is 0.376 e. The molecule has 0 heterocycles. The summed E-state index contributed by atoms with van der Waals surface area (Å²) in [5.41, 5.74) is 3.99. The highest BCUT2D eigenvalue weighted by Crippen LogP contribution is 2.23. The first-order chi connectivity index (χ1) is 11.9. The molecule has 0 atom stereocenters. The van der Waals surface area contributed by atoms with E-state index in [0.29, 0.717) is 22.8 Å². The van der Waals surface area contributed by atoms with E-state index in [1.807, 2.05) is 32.0 Å². The maximum Gasteiger partial charge on any atom is 0.243 e. The Balaban J connectivity index is 1.99. The molecule has 132 valence electrons. The molecule has 0 fully saturated rings. The van der Waals surface area contributed by atoms with Gasteiger partial charge in [-0.2, -0.15) is 0 Å². The third-order valence-corrected chi connectivity index (χ3v) is 4.23. The van der Waals surface area contributed by atoms with Crippen LogP contribution >= 0.6 is 11.6 Å². The molecule has 0 unspecified atom stereocenters. The van der Waals surface area contributed by atoms with Crippen LogP contribution in [0, 0.1) is 13.8 Å². The van der Waals surface area contributed by atoms with Crippen molar-refractivity contribution in [2.75, 3.05) is 22.5 Å². The highest BCUT2D eigenvalue weighted by Gasteiger charge is 2.08. The van der Waals surface area contributed by atoms with Crippen molar-refractivity contribution in [2.24, 2.45) is 0 Å². The molecular weight excluding hydrogens is 338 g/mol. The van der Waals surface area contributed by atoms with Gasteiger partial charge >= 0.3 is 0 Å². The van der Waals surface area contributed by atoms with Crippen LogP contribution in [0.25, 0.3) is 0 Å². The standard InChI is InChI=1S/C19H22ClN3O2/c1-4-18(24)23-17-10-14(9-8-12(17)2)22-19(25)11-21-16-7-5-6-15(20)13(16)3/h5-10,21H,4,11H2,1-3H3,(H,22,25)(H,23,24). The highest BCUT2D eigenvalue weighted by atomic mass is 35.5. The first-order valence-electron chi connectivity index (χ1n) is 8.10. The molecule has 2 aromatic carbocycles. The maximum absolute atomic E-state index is 12.2. The fraction of sp³-hybridized carbons (Fsp3) is 0.263. The second kappa shape index (κ2) is 8.53. The molecule has 5 nitrogen and oxygen atoms in total. The van der Waals surface area contributed by atoms with E-state index in [1.165, 1.54) is 0 Å². The van der Waals surface area contributed by atoms with E-state index in [1.54, 1.807) is 25.1 Å². The lowest BCUT2D eigenvalue weighted by Crippen LogP contribution is -2.22. The van der Waals surface area contributed by atoms with E-state index in [9.17, 15) is 9.59 Å². The Bertz CT molecular complexity index is 790. The summed E-state index contributed by atoms with van der Waals surface area (Å²) in [5.74, 6) is -0.249. The number of hydrogen-bond donors (Lipinski definition) is 3. The fourth-order valence-electron chi connectivity index (χ4n) is 2.25. The molecule has 0 radical (unpaired) electrons. The molecule has 0 bridgehead atoms. The molecule has 0 aliphatic heterocycles. The van der Waals surface area contributed by atoms with Crippen LogP contribution in [0.15, 0.2) is 36.4 Å². The number of anilines is 3. The van der Waals surface area contributed by atoms with Gasteiger partial charge in [0.2, 0.25) is 11.8 Å². The molecule has 0 saturated heterocycles. The van der Waals surface area contributed by atoms with E-state index in [-0.39, 0.29) is 18.4 Å². The predicted octanol–water partition coefficient (Wildman–Crippen LogP) is 4.36. The Morgan fingerprint density at radius 2 is 1.76 bits per heavy atom. The number of nitrogens with one attached hydrogen (secondary N) is 3. The molecule has 0 aliphatic carbocycles. The van der Waals surface area contributed by atoms with Crippen molar-refractivity contribution in [3.05, 3.63) is 52.5 Å². The van der Waals surface area contributed by atoms with Crippen LogP contribution in [0.1, 0.15) is 24.5 Å². The van der Waals surface area contributed by atoms with Gasteiger partial charge in [-0.05, 0) is 49.2 Å². The van der Waals surface area contributed by atoms with Gasteiger partial charge in [0.25, 0.3) is 0 Å². The minimum absolute atomic E-state index is 0.0651.